The van der Waals surface area contributed by atoms with Crippen LogP contribution in [-0.4, -0.2) is 6.61 Å². The van der Waals surface area contributed by atoms with Gasteiger partial charge in [0.05, 0.1) is 6.61 Å². The highest BCUT2D eigenvalue weighted by Gasteiger charge is 1.75. The molecule has 0 fully saturated rings. The van der Waals surface area contributed by atoms with Crippen LogP contribution in [0.5, 0.6) is 0 Å². The lowest BCUT2D eigenvalue weighted by Crippen LogP contribution is -1.87. The van der Waals surface area contributed by atoms with Crippen molar-refractivity contribution in [1.29, 1.82) is 0 Å². The standard InChI is InChI=1S/C4H10NO/c1-2-3-4-6-5/h5H,2-4H2,1H3. The number of nitrogens with one attached hydrogen (secondary N) is 1. The van der Waals surface area contributed by atoms with E-state index >= 15 is 0 Å². The topological polar surface area (TPSA) is 33.0 Å². The summed E-state index contributed by atoms with van der Waals surface area (Å²) in [5.74, 6) is 6.21. The molecule has 0 aromatic carbocycles. The third-order valence-electron chi connectivity index (χ3n) is 0.600. The first-order valence-electron chi connectivity index (χ1n) is 2.20. The lowest BCUT2D eigenvalue weighted by molar-refractivity contribution is 0.115. The van der Waals surface area contributed by atoms with E-state index in [0.717, 1.165) is 12.8 Å². The Kier molecular flexibility index (Phi) is 4.85. The highest BCUT2D eigenvalue weighted by atomic mass is 16.6. The van der Waals surface area contributed by atoms with Gasteiger partial charge < -0.3 is 0 Å². The van der Waals surface area contributed by atoms with Crippen molar-refractivity contribution in [2.75, 3.05) is 6.61 Å². The highest BCUT2D eigenvalue weighted by Crippen LogP contribution is 1.82. The molecular formula is C4H10NO. The summed E-state index contributed by atoms with van der Waals surface area (Å²) >= 11 is 0. The molecule has 1 radical (unpaired) electrons. The summed E-state index contributed by atoms with van der Waals surface area (Å²) in [6, 6.07) is 0. The predicted octanol–water partition coefficient (Wildman–Crippen LogP) is 1.00. The van der Waals surface area contributed by atoms with Crippen molar-refractivity contribution < 1.29 is 4.84 Å². The van der Waals surface area contributed by atoms with Crippen LogP contribution in [0.1, 0.15) is 19.8 Å². The lowest BCUT2D eigenvalue weighted by atomic mass is 10.4. The Morgan fingerprint density at radius 1 is 1.67 bits per heavy atom. The molecule has 0 saturated heterocycles. The summed E-state index contributed by atoms with van der Waals surface area (Å²) in [6.45, 7) is 2.65. The van der Waals surface area contributed by atoms with Crippen molar-refractivity contribution >= 4 is 0 Å². The van der Waals surface area contributed by atoms with Gasteiger partial charge in [-0.3, -0.25) is 4.84 Å². The molecule has 0 saturated carbocycles. The molecule has 0 aliphatic carbocycles. The maximum atomic E-state index is 6.21. The van der Waals surface area contributed by atoms with Crippen molar-refractivity contribution in [3.05, 3.63) is 0 Å². The summed E-state index contributed by atoms with van der Waals surface area (Å²) in [6.07, 6.45) is 2.11. The number of hydrogen-bond donors (Lipinski definition) is 0. The Labute approximate surface area is 38.2 Å². The Balaban J connectivity index is 2.34. The summed E-state index contributed by atoms with van der Waals surface area (Å²) in [5.41, 5.74) is 0. The average molecular weight is 88.1 g/mol. The first kappa shape index (κ1) is 5.92. The van der Waals surface area contributed by atoms with Crippen LogP contribution in [0.4, 0.5) is 0 Å². The zero-order valence-corrected chi connectivity index (χ0v) is 4.03. The van der Waals surface area contributed by atoms with Gasteiger partial charge in [0, 0.05) is 0 Å². The minimum Gasteiger partial charge on any atom is -0.285 e. The molecule has 0 amide bonds. The quantitative estimate of drug-likeness (QED) is 0.374. The molecule has 6 heavy (non-hydrogen) atoms. The first-order valence-corrected chi connectivity index (χ1v) is 2.20. The Morgan fingerprint density at radius 3 is 2.50 bits per heavy atom. The summed E-state index contributed by atoms with van der Waals surface area (Å²) in [4.78, 5) is 4.03. The zero-order chi connectivity index (χ0) is 4.83. The summed E-state index contributed by atoms with van der Waals surface area (Å²) < 4.78 is 0. The van der Waals surface area contributed by atoms with E-state index in [-0.39, 0.29) is 0 Å². The average Bonchev–Trinajstić information content (AvgIpc) is 1.61. The monoisotopic (exact) mass is 88.1 g/mol. The van der Waals surface area contributed by atoms with Gasteiger partial charge >= 0.3 is 0 Å². The van der Waals surface area contributed by atoms with Gasteiger partial charge in [-0.25, -0.2) is 0 Å². The van der Waals surface area contributed by atoms with E-state index in [9.17, 15) is 0 Å². The molecule has 0 heterocycles. The minimum absolute atomic E-state index is 0.580. The van der Waals surface area contributed by atoms with Gasteiger partial charge in [-0.2, -0.15) is 0 Å². The minimum atomic E-state index is 0.580. The van der Waals surface area contributed by atoms with Crippen LogP contribution in [0, 0.1) is 0 Å². The van der Waals surface area contributed by atoms with Gasteiger partial charge in [-0.05, 0) is 6.42 Å². The molecule has 0 unspecified atom stereocenters. The van der Waals surface area contributed by atoms with E-state index in [4.69, 9.17) is 5.90 Å². The van der Waals surface area contributed by atoms with Crippen LogP contribution < -0.4 is 5.90 Å². The highest BCUT2D eigenvalue weighted by molar-refractivity contribution is 4.25. The Morgan fingerprint density at radius 2 is 2.33 bits per heavy atom. The van der Waals surface area contributed by atoms with Gasteiger partial charge in [-0.15, -0.1) is 5.90 Å². The van der Waals surface area contributed by atoms with Crippen molar-refractivity contribution in [3.63, 3.8) is 0 Å². The lowest BCUT2D eigenvalue weighted by Gasteiger charge is -1.87. The number of rotatable bonds is 3. The molecule has 2 nitrogen and oxygen atoms in total. The first-order chi connectivity index (χ1) is 2.91. The van der Waals surface area contributed by atoms with E-state index in [2.05, 4.69) is 11.8 Å². The third-order valence-corrected chi connectivity index (χ3v) is 0.600. The van der Waals surface area contributed by atoms with Gasteiger partial charge in [-0.1, -0.05) is 13.3 Å². The molecule has 0 rings (SSSR count). The van der Waals surface area contributed by atoms with Crippen molar-refractivity contribution in [1.82, 2.24) is 5.90 Å². The second-order valence-electron chi connectivity index (χ2n) is 1.20. The fourth-order valence-corrected chi connectivity index (χ4v) is 0.217. The SMILES string of the molecule is CCCCO[NH]. The predicted molar refractivity (Wildman–Crippen MR) is 24.0 cm³/mol. The normalized spacial score (nSPS) is 9.00. The molecule has 1 N–H and O–H groups in total. The largest absolute Gasteiger partial charge is 0.285 e. The van der Waals surface area contributed by atoms with Crippen LogP contribution in [0.15, 0.2) is 0 Å². The van der Waals surface area contributed by atoms with E-state index in [1.54, 1.807) is 0 Å². The second-order valence-corrected chi connectivity index (χ2v) is 1.20. The molecule has 0 spiro atoms. The van der Waals surface area contributed by atoms with Crippen LogP contribution in [0.25, 0.3) is 0 Å². The molecule has 0 bridgehead atoms. The fraction of sp³-hybridized carbons (Fsp3) is 1.00. The van der Waals surface area contributed by atoms with Gasteiger partial charge in [0.1, 0.15) is 0 Å². The van der Waals surface area contributed by atoms with E-state index in [1.807, 2.05) is 0 Å². The van der Waals surface area contributed by atoms with Crippen molar-refractivity contribution in [2.45, 2.75) is 19.8 Å². The van der Waals surface area contributed by atoms with Gasteiger partial charge in [0.15, 0.2) is 0 Å². The maximum absolute atomic E-state index is 6.21. The van der Waals surface area contributed by atoms with Gasteiger partial charge in [0.2, 0.25) is 0 Å². The summed E-state index contributed by atoms with van der Waals surface area (Å²) in [5, 5.41) is 0. The van der Waals surface area contributed by atoms with Crippen molar-refractivity contribution in [2.24, 2.45) is 0 Å². The summed E-state index contributed by atoms with van der Waals surface area (Å²) in [7, 11) is 0. The van der Waals surface area contributed by atoms with Crippen LogP contribution in [0.3, 0.4) is 0 Å². The van der Waals surface area contributed by atoms with Crippen LogP contribution >= 0.6 is 0 Å². The molecule has 0 aliphatic rings. The smallest absolute Gasteiger partial charge is 0.0699 e. The van der Waals surface area contributed by atoms with Gasteiger partial charge in [0.25, 0.3) is 0 Å². The molecule has 0 aromatic heterocycles. The maximum Gasteiger partial charge on any atom is 0.0699 e. The van der Waals surface area contributed by atoms with Crippen molar-refractivity contribution in [3.8, 4) is 0 Å². The molecular weight excluding hydrogens is 78.0 g/mol. The second kappa shape index (κ2) is 4.92. The molecule has 2 heteroatoms. The molecule has 0 aromatic rings. The zero-order valence-electron chi connectivity index (χ0n) is 4.03. The van der Waals surface area contributed by atoms with E-state index in [0.29, 0.717) is 6.61 Å². The molecule has 37 valence electrons. The molecule has 0 aliphatic heterocycles. The third kappa shape index (κ3) is 3.92. The Hall–Kier alpha value is -0.0800. The van der Waals surface area contributed by atoms with Crippen LogP contribution in [0.2, 0.25) is 0 Å². The Bertz CT molecular complexity index is 19.5. The molecule has 0 atom stereocenters. The number of hydrogen-bond acceptors (Lipinski definition) is 1. The van der Waals surface area contributed by atoms with E-state index < -0.39 is 0 Å². The van der Waals surface area contributed by atoms with E-state index in [1.165, 1.54) is 0 Å². The fourth-order valence-electron chi connectivity index (χ4n) is 0.217. The number of unbranched alkanes of at least 4 members (excludes halogenated alkanes) is 1. The van der Waals surface area contributed by atoms with Crippen LogP contribution in [-0.2, 0) is 4.84 Å².